The molecule has 4 atom stereocenters. The van der Waals surface area contributed by atoms with E-state index in [4.69, 9.17) is 9.47 Å². The Morgan fingerprint density at radius 1 is 1.05 bits per heavy atom. The number of nitrogens with zero attached hydrogens (tertiary/aromatic N) is 3. The minimum atomic E-state index is -1.80. The van der Waals surface area contributed by atoms with Crippen molar-refractivity contribution in [3.63, 3.8) is 0 Å². The fraction of sp³-hybridized carbons (Fsp3) is 0.207. The van der Waals surface area contributed by atoms with Crippen LogP contribution in [0.25, 0.3) is 6.08 Å². The highest BCUT2D eigenvalue weighted by molar-refractivity contribution is 6.06. The molecule has 0 aromatic heterocycles. The molecule has 1 saturated heterocycles. The Balaban J connectivity index is 1.80. The summed E-state index contributed by atoms with van der Waals surface area (Å²) >= 11 is 0. The number of esters is 1. The molecule has 1 fully saturated rings. The van der Waals surface area contributed by atoms with Gasteiger partial charge in [0, 0.05) is 29.3 Å². The first-order chi connectivity index (χ1) is 18.4. The molecule has 2 heterocycles. The summed E-state index contributed by atoms with van der Waals surface area (Å²) in [7, 11) is 2.74. The van der Waals surface area contributed by atoms with E-state index in [1.165, 1.54) is 38.5 Å². The lowest BCUT2D eigenvalue weighted by Crippen LogP contribution is -2.46. The van der Waals surface area contributed by atoms with Crippen molar-refractivity contribution in [3.05, 3.63) is 106 Å². The molecule has 5 rings (SSSR count). The zero-order valence-electron chi connectivity index (χ0n) is 20.6. The average Bonchev–Trinajstić information content (AvgIpc) is 3.28. The maximum Gasteiger partial charge on any atom is 0.329 e. The number of para-hydroxylation sites is 1. The number of nitriles is 1. The van der Waals surface area contributed by atoms with Gasteiger partial charge in [0.25, 0.3) is 5.69 Å². The summed E-state index contributed by atoms with van der Waals surface area (Å²) in [5, 5.41) is 22.2. The topological polar surface area (TPSA) is 123 Å². The second kappa shape index (κ2) is 9.48. The molecule has 190 valence electrons. The van der Waals surface area contributed by atoms with Crippen LogP contribution in [-0.2, 0) is 9.53 Å². The van der Waals surface area contributed by atoms with Crippen LogP contribution < -0.4 is 9.64 Å². The van der Waals surface area contributed by atoms with Crippen molar-refractivity contribution in [1.29, 1.82) is 5.26 Å². The van der Waals surface area contributed by atoms with Gasteiger partial charge in [0.1, 0.15) is 11.8 Å². The highest BCUT2D eigenvalue weighted by Gasteiger charge is 2.67. The lowest BCUT2D eigenvalue weighted by atomic mass is 9.68. The van der Waals surface area contributed by atoms with Gasteiger partial charge in [-0.15, -0.1) is 0 Å². The number of non-ortho nitro benzene ring substituents is 1. The Kier molecular flexibility index (Phi) is 6.17. The zero-order chi connectivity index (χ0) is 27.0. The molecule has 0 spiro atoms. The third kappa shape index (κ3) is 3.61. The van der Waals surface area contributed by atoms with E-state index in [2.05, 4.69) is 6.07 Å². The van der Waals surface area contributed by atoms with Gasteiger partial charge in [0.2, 0.25) is 0 Å². The largest absolute Gasteiger partial charge is 0.497 e. The summed E-state index contributed by atoms with van der Waals surface area (Å²) < 4.78 is 10.5. The first-order valence-corrected chi connectivity index (χ1v) is 11.8. The van der Waals surface area contributed by atoms with Crippen LogP contribution in [-0.4, -0.2) is 43.0 Å². The van der Waals surface area contributed by atoms with Crippen molar-refractivity contribution in [1.82, 2.24) is 0 Å². The number of rotatable bonds is 6. The number of ketones is 1. The lowest BCUT2D eigenvalue weighted by molar-refractivity contribution is -0.384. The minimum absolute atomic E-state index is 0.104. The maximum atomic E-state index is 14.3. The van der Waals surface area contributed by atoms with E-state index in [1.54, 1.807) is 35.2 Å². The second-order valence-corrected chi connectivity index (χ2v) is 9.11. The molecule has 0 radical (unpaired) electrons. The Morgan fingerprint density at radius 3 is 2.45 bits per heavy atom. The molecule has 3 aromatic rings. The number of methoxy groups -OCH3 is 2. The number of ether oxygens (including phenoxy) is 2. The number of hydrogen-bond acceptors (Lipinski definition) is 8. The molecular formula is C29H23N3O6. The van der Waals surface area contributed by atoms with E-state index >= 15 is 0 Å². The number of carbonyl (C=O) groups is 2. The summed E-state index contributed by atoms with van der Waals surface area (Å²) in [5.74, 6) is -1.63. The van der Waals surface area contributed by atoms with Gasteiger partial charge in [-0.1, -0.05) is 54.6 Å². The van der Waals surface area contributed by atoms with Crippen LogP contribution in [0.3, 0.4) is 0 Å². The number of fused-ring (bicyclic) bond motifs is 3. The summed E-state index contributed by atoms with van der Waals surface area (Å²) in [6, 6.07) is 20.1. The first-order valence-electron chi connectivity index (χ1n) is 11.8. The van der Waals surface area contributed by atoms with Crippen molar-refractivity contribution in [2.24, 2.45) is 5.41 Å². The van der Waals surface area contributed by atoms with Crippen LogP contribution >= 0.6 is 0 Å². The van der Waals surface area contributed by atoms with Gasteiger partial charge in [-0.2, -0.15) is 5.26 Å². The van der Waals surface area contributed by atoms with E-state index in [-0.39, 0.29) is 11.3 Å². The van der Waals surface area contributed by atoms with Crippen LogP contribution in [0.15, 0.2) is 78.9 Å². The van der Waals surface area contributed by atoms with Crippen LogP contribution in [0.5, 0.6) is 5.75 Å². The molecule has 2 aliphatic heterocycles. The van der Waals surface area contributed by atoms with Crippen molar-refractivity contribution in [3.8, 4) is 11.8 Å². The Morgan fingerprint density at radius 2 is 1.79 bits per heavy atom. The van der Waals surface area contributed by atoms with Gasteiger partial charge in [-0.25, -0.2) is 0 Å². The van der Waals surface area contributed by atoms with Gasteiger partial charge < -0.3 is 14.4 Å². The number of hydrogen-bond donors (Lipinski definition) is 0. The van der Waals surface area contributed by atoms with E-state index in [1.807, 2.05) is 30.3 Å². The van der Waals surface area contributed by atoms with Crippen molar-refractivity contribution < 1.29 is 24.0 Å². The molecule has 3 aromatic carbocycles. The molecule has 9 heteroatoms. The summed E-state index contributed by atoms with van der Waals surface area (Å²) in [6.45, 7) is 0. The standard InChI is InChI=1S/C29H23N3O6/c1-37-22-13-10-19(11-14-22)25-26(27(33)20-7-5-8-21(16-20)32(35)36)31-23-9-4-3-6-18(23)12-15-24(31)29(25,17-30)28(34)38-2/h3-16,24-26H,1-2H3/t24-,25+,26-,29-/m1/s1. The normalized spacial score (nSPS) is 23.1. The molecule has 0 N–H and O–H groups in total. The molecule has 9 nitrogen and oxygen atoms in total. The molecular weight excluding hydrogens is 486 g/mol. The molecule has 0 bridgehead atoms. The molecule has 38 heavy (non-hydrogen) atoms. The molecule has 2 aliphatic rings. The van der Waals surface area contributed by atoms with E-state index in [9.17, 15) is 25.0 Å². The van der Waals surface area contributed by atoms with Gasteiger partial charge in [-0.3, -0.25) is 19.7 Å². The fourth-order valence-electron chi connectivity index (χ4n) is 5.66. The smallest absolute Gasteiger partial charge is 0.329 e. The highest BCUT2D eigenvalue weighted by atomic mass is 16.6. The second-order valence-electron chi connectivity index (χ2n) is 9.11. The molecule has 0 aliphatic carbocycles. The maximum absolute atomic E-state index is 14.3. The van der Waals surface area contributed by atoms with Crippen molar-refractivity contribution in [2.75, 3.05) is 19.1 Å². The SMILES string of the molecule is COC(=O)[C@@]1(C#N)[C@@H](c2ccc(OC)cc2)[C@H](C(=O)c2cccc([N+](=O)[O-])c2)N2c3ccccc3C=C[C@@H]21. The van der Waals surface area contributed by atoms with Gasteiger partial charge >= 0.3 is 5.97 Å². The number of benzene rings is 3. The lowest BCUT2D eigenvalue weighted by Gasteiger charge is -2.36. The number of Topliss-reactive ketones (excluding diaryl/α,β-unsaturated/α-hetero) is 1. The quantitative estimate of drug-likeness (QED) is 0.205. The summed E-state index contributed by atoms with van der Waals surface area (Å²) in [6.07, 6.45) is 3.58. The number of anilines is 1. The third-order valence-corrected chi connectivity index (χ3v) is 7.34. The predicted octanol–water partition coefficient (Wildman–Crippen LogP) is 4.54. The fourth-order valence-corrected chi connectivity index (χ4v) is 5.66. The van der Waals surface area contributed by atoms with Gasteiger partial charge in [0.05, 0.1) is 31.3 Å². The number of nitro groups is 1. The average molecular weight is 510 g/mol. The monoisotopic (exact) mass is 509 g/mol. The van der Waals surface area contributed by atoms with Crippen LogP contribution in [0.4, 0.5) is 11.4 Å². The minimum Gasteiger partial charge on any atom is -0.497 e. The van der Waals surface area contributed by atoms with Crippen LogP contribution in [0.1, 0.15) is 27.4 Å². The van der Waals surface area contributed by atoms with Gasteiger partial charge in [-0.05, 0) is 29.3 Å². The van der Waals surface area contributed by atoms with E-state index in [0.29, 0.717) is 17.0 Å². The van der Waals surface area contributed by atoms with Crippen LogP contribution in [0.2, 0.25) is 0 Å². The molecule has 0 saturated carbocycles. The van der Waals surface area contributed by atoms with Crippen LogP contribution in [0, 0.1) is 26.9 Å². The number of nitro benzene ring substituents is 1. The summed E-state index contributed by atoms with van der Waals surface area (Å²) in [4.78, 5) is 40.6. The van der Waals surface area contributed by atoms with Crippen molar-refractivity contribution >= 4 is 29.2 Å². The Bertz CT molecular complexity index is 1510. The summed E-state index contributed by atoms with van der Waals surface area (Å²) in [5.41, 5.74) is 0.115. The first kappa shape index (κ1) is 24.7. The molecule has 0 amide bonds. The van der Waals surface area contributed by atoms with E-state index in [0.717, 1.165) is 5.56 Å². The van der Waals surface area contributed by atoms with Crippen molar-refractivity contribution in [2.45, 2.75) is 18.0 Å². The molecule has 0 unspecified atom stereocenters. The number of carbonyl (C=O) groups excluding carboxylic acids is 2. The van der Waals surface area contributed by atoms with Gasteiger partial charge in [0.15, 0.2) is 11.2 Å². The third-order valence-electron chi connectivity index (χ3n) is 7.34. The Labute approximate surface area is 218 Å². The predicted molar refractivity (Wildman–Crippen MR) is 139 cm³/mol. The zero-order valence-corrected chi connectivity index (χ0v) is 20.6. The highest BCUT2D eigenvalue weighted by Crippen LogP contribution is 2.56. The van der Waals surface area contributed by atoms with E-state index < -0.39 is 40.1 Å². The Hall–Kier alpha value is -4.97.